The second-order valence-corrected chi connectivity index (χ2v) is 12.3. The van der Waals surface area contributed by atoms with Gasteiger partial charge in [0.15, 0.2) is 11.5 Å². The summed E-state index contributed by atoms with van der Waals surface area (Å²) in [6.07, 6.45) is 2.06. The topological polar surface area (TPSA) is 27.7 Å². The summed E-state index contributed by atoms with van der Waals surface area (Å²) in [5, 5.41) is 0.111. The number of halogens is 1. The second kappa shape index (κ2) is 7.25. The Labute approximate surface area is 149 Å². The van der Waals surface area contributed by atoms with Crippen LogP contribution in [0, 0.1) is 6.92 Å². The Balaban J connectivity index is 3.58. The molecule has 0 aliphatic carbocycles. The molecule has 3 nitrogen and oxygen atoms in total. The lowest BCUT2D eigenvalue weighted by atomic mass is 10.1. The van der Waals surface area contributed by atoms with Gasteiger partial charge >= 0.3 is 0 Å². The summed E-state index contributed by atoms with van der Waals surface area (Å²) in [7, 11) is 1.33. The summed E-state index contributed by atoms with van der Waals surface area (Å²) in [6.45, 7) is 13.2. The molecule has 0 unspecified atom stereocenters. The van der Waals surface area contributed by atoms with Crippen LogP contribution in [0.15, 0.2) is 10.1 Å². The van der Waals surface area contributed by atoms with Gasteiger partial charge in [0, 0.05) is 5.56 Å². The molecule has 0 heterocycles. The Morgan fingerprint density at radius 2 is 1.68 bits per heavy atom. The average molecular weight is 434 g/mol. The minimum absolute atomic E-state index is 0.111. The van der Waals surface area contributed by atoms with Crippen LogP contribution in [0.1, 0.15) is 31.9 Å². The molecule has 1 aromatic rings. The van der Waals surface area contributed by atoms with Crippen molar-refractivity contribution in [1.29, 1.82) is 0 Å². The summed E-state index contributed by atoms with van der Waals surface area (Å²) in [5.74, 6) is 2.17. The van der Waals surface area contributed by atoms with Crippen molar-refractivity contribution in [2.24, 2.45) is 0 Å². The van der Waals surface area contributed by atoms with Gasteiger partial charge in [0.2, 0.25) is 5.75 Å². The van der Waals surface area contributed by atoms with E-state index in [-0.39, 0.29) is 5.04 Å². The molecule has 0 N–H and O–H groups in total. The van der Waals surface area contributed by atoms with E-state index in [2.05, 4.69) is 69.5 Å². The van der Waals surface area contributed by atoms with Gasteiger partial charge in [-0.25, -0.2) is 0 Å². The molecular weight excluding hydrogens is 407 g/mol. The van der Waals surface area contributed by atoms with Gasteiger partial charge in [-0.05, 0) is 46.8 Å². The van der Waals surface area contributed by atoms with Gasteiger partial charge in [-0.2, -0.15) is 0 Å². The van der Waals surface area contributed by atoms with Crippen LogP contribution in [0.5, 0.6) is 17.2 Å². The molecule has 0 amide bonds. The first-order valence-corrected chi connectivity index (χ1v) is 11.5. The van der Waals surface area contributed by atoms with E-state index in [1.165, 1.54) is 0 Å². The Kier molecular flexibility index (Phi) is 6.38. The fourth-order valence-electron chi connectivity index (χ4n) is 1.88. The van der Waals surface area contributed by atoms with E-state index < -0.39 is 8.32 Å². The highest BCUT2D eigenvalue weighted by atomic mass is 127. The molecule has 22 heavy (non-hydrogen) atoms. The van der Waals surface area contributed by atoms with Gasteiger partial charge in [-0.1, -0.05) is 43.4 Å². The molecule has 124 valence electrons. The van der Waals surface area contributed by atoms with Crippen LogP contribution < -0.4 is 13.9 Å². The third-order valence-electron chi connectivity index (χ3n) is 4.26. The van der Waals surface area contributed by atoms with Gasteiger partial charge < -0.3 is 13.9 Å². The molecule has 0 saturated carbocycles. The maximum absolute atomic E-state index is 6.57. The van der Waals surface area contributed by atoms with Gasteiger partial charge in [0.05, 0.1) is 14.2 Å². The van der Waals surface area contributed by atoms with Crippen LogP contribution in [0.25, 0.3) is 6.08 Å². The van der Waals surface area contributed by atoms with E-state index in [4.69, 9.17) is 13.9 Å². The predicted molar refractivity (Wildman–Crippen MR) is 105 cm³/mol. The first-order valence-electron chi connectivity index (χ1n) is 7.30. The number of hydrogen-bond donors (Lipinski definition) is 0. The average Bonchev–Trinajstić information content (AvgIpc) is 2.40. The van der Waals surface area contributed by atoms with Crippen LogP contribution in [-0.4, -0.2) is 22.5 Å². The van der Waals surface area contributed by atoms with Crippen molar-refractivity contribution in [3.63, 3.8) is 0 Å². The molecule has 1 aromatic carbocycles. The van der Waals surface area contributed by atoms with Gasteiger partial charge in [0.25, 0.3) is 8.32 Å². The molecule has 0 saturated heterocycles. The van der Waals surface area contributed by atoms with Gasteiger partial charge in [0.1, 0.15) is 0 Å². The SMILES string of the molecule is COc1cc(C)c(/C=C/I)c(O[Si](C)(C)C(C)(C)C)c1OC. The highest BCUT2D eigenvalue weighted by Gasteiger charge is 2.40. The molecule has 0 radical (unpaired) electrons. The van der Waals surface area contributed by atoms with Crippen LogP contribution in [0.3, 0.4) is 0 Å². The monoisotopic (exact) mass is 434 g/mol. The second-order valence-electron chi connectivity index (χ2n) is 6.83. The standard InChI is InChI=1S/C17H27IO3Si/c1-12-11-14(19-5)16(20-6)15(13(12)9-10-18)21-22(7,8)17(2,3)4/h9-11H,1-8H3/b10-9+. The minimum Gasteiger partial charge on any atom is -0.541 e. The lowest BCUT2D eigenvalue weighted by Crippen LogP contribution is -2.44. The van der Waals surface area contributed by atoms with Crippen LogP contribution in [-0.2, 0) is 0 Å². The van der Waals surface area contributed by atoms with Gasteiger partial charge in [-0.15, -0.1) is 0 Å². The maximum Gasteiger partial charge on any atom is 0.250 e. The molecule has 0 bridgehead atoms. The highest BCUT2D eigenvalue weighted by Crippen LogP contribution is 2.46. The van der Waals surface area contributed by atoms with Crippen molar-refractivity contribution in [2.45, 2.75) is 45.8 Å². The fourth-order valence-corrected chi connectivity index (χ4v) is 3.26. The van der Waals surface area contributed by atoms with E-state index in [0.717, 1.165) is 16.9 Å². The number of benzene rings is 1. The largest absolute Gasteiger partial charge is 0.541 e. The Hall–Kier alpha value is -0.693. The van der Waals surface area contributed by atoms with E-state index in [1.807, 2.05) is 10.1 Å². The highest BCUT2D eigenvalue weighted by molar-refractivity contribution is 14.1. The molecule has 1 rings (SSSR count). The van der Waals surface area contributed by atoms with E-state index >= 15 is 0 Å². The third-order valence-corrected chi connectivity index (χ3v) is 8.95. The van der Waals surface area contributed by atoms with Crippen molar-refractivity contribution in [3.05, 3.63) is 21.3 Å². The normalized spacial score (nSPS) is 12.6. The minimum atomic E-state index is -1.98. The first kappa shape index (κ1) is 19.4. The molecule has 0 atom stereocenters. The smallest absolute Gasteiger partial charge is 0.250 e. The van der Waals surface area contributed by atoms with Crippen LogP contribution in [0.2, 0.25) is 18.1 Å². The number of hydrogen-bond acceptors (Lipinski definition) is 3. The number of rotatable bonds is 5. The van der Waals surface area contributed by atoms with E-state index in [0.29, 0.717) is 11.5 Å². The molecule has 0 aromatic heterocycles. The number of ether oxygens (including phenoxy) is 2. The molecule has 0 aliphatic heterocycles. The Morgan fingerprint density at radius 1 is 1.09 bits per heavy atom. The fraction of sp³-hybridized carbons (Fsp3) is 0.529. The zero-order valence-corrected chi connectivity index (χ0v) is 18.0. The molecule has 5 heteroatoms. The van der Waals surface area contributed by atoms with Crippen LogP contribution >= 0.6 is 22.6 Å². The van der Waals surface area contributed by atoms with E-state index in [9.17, 15) is 0 Å². The Bertz CT molecular complexity index is 560. The van der Waals surface area contributed by atoms with Crippen molar-refractivity contribution < 1.29 is 13.9 Å². The van der Waals surface area contributed by atoms with Crippen molar-refractivity contribution in [2.75, 3.05) is 14.2 Å². The lowest BCUT2D eigenvalue weighted by Gasteiger charge is -2.37. The molecule has 0 spiro atoms. The van der Waals surface area contributed by atoms with Crippen molar-refractivity contribution in [1.82, 2.24) is 0 Å². The summed E-state index contributed by atoms with van der Waals surface area (Å²) in [4.78, 5) is 0. The first-order chi connectivity index (χ1) is 10.1. The Morgan fingerprint density at radius 3 is 2.09 bits per heavy atom. The van der Waals surface area contributed by atoms with Crippen LogP contribution in [0.4, 0.5) is 0 Å². The number of aryl methyl sites for hydroxylation is 1. The quantitative estimate of drug-likeness (QED) is 0.433. The zero-order chi connectivity index (χ0) is 17.1. The van der Waals surface area contributed by atoms with Crippen molar-refractivity contribution >= 4 is 37.0 Å². The summed E-state index contributed by atoms with van der Waals surface area (Å²) < 4.78 is 19.6. The zero-order valence-electron chi connectivity index (χ0n) is 14.8. The van der Waals surface area contributed by atoms with Gasteiger partial charge in [-0.3, -0.25) is 0 Å². The third kappa shape index (κ3) is 3.98. The number of methoxy groups -OCH3 is 2. The van der Waals surface area contributed by atoms with E-state index in [1.54, 1.807) is 14.2 Å². The maximum atomic E-state index is 6.57. The summed E-state index contributed by atoms with van der Waals surface area (Å²) in [6, 6.07) is 1.99. The molecular formula is C17H27IO3Si. The lowest BCUT2D eigenvalue weighted by molar-refractivity contribution is 0.339. The summed E-state index contributed by atoms with van der Waals surface area (Å²) in [5.41, 5.74) is 2.16. The predicted octanol–water partition coefficient (Wildman–Crippen LogP) is 5.80. The van der Waals surface area contributed by atoms with Crippen molar-refractivity contribution in [3.8, 4) is 17.2 Å². The summed E-state index contributed by atoms with van der Waals surface area (Å²) >= 11 is 2.22. The molecule has 0 fully saturated rings. The molecule has 0 aliphatic rings.